The van der Waals surface area contributed by atoms with E-state index in [-0.39, 0.29) is 24.8 Å². The van der Waals surface area contributed by atoms with E-state index in [4.69, 9.17) is 18.9 Å². The number of methoxy groups -OCH3 is 2. The average Bonchev–Trinajstić information content (AvgIpc) is 3.40. The van der Waals surface area contributed by atoms with Crippen LogP contribution in [0.5, 0.6) is 23.0 Å². The van der Waals surface area contributed by atoms with Gasteiger partial charge in [-0.25, -0.2) is 0 Å². The molecule has 0 saturated carbocycles. The van der Waals surface area contributed by atoms with Crippen molar-refractivity contribution in [1.82, 2.24) is 10.2 Å². The molecule has 7 nitrogen and oxygen atoms in total. The normalized spacial score (nSPS) is 17.1. The van der Waals surface area contributed by atoms with Crippen molar-refractivity contribution >= 4 is 5.91 Å². The maximum Gasteiger partial charge on any atom is 0.251 e. The summed E-state index contributed by atoms with van der Waals surface area (Å²) in [5.74, 6) is 2.55. The summed E-state index contributed by atoms with van der Waals surface area (Å²) >= 11 is 0. The number of carbonyl (C=O) groups is 1. The minimum atomic E-state index is -0.131. The first-order valence-electron chi connectivity index (χ1n) is 12.8. The second-order valence-electron chi connectivity index (χ2n) is 9.55. The number of hydrogen-bond donors (Lipinski definition) is 1. The molecule has 0 fully saturated rings. The standard InChI is InChI=1S/C30H34N2O5/c1-5-24(31-30(33)21-10-11-25-28(15-21)37-18-36-25)29-23-16-27(35-4)26(34-3)14-20(23)12-13-32(29)17-22-9-7-6-8-19(22)2/h6-11,14-16,24,29H,5,12-13,17-18H2,1-4H3,(H,31,33). The zero-order valence-corrected chi connectivity index (χ0v) is 21.9. The molecular weight excluding hydrogens is 468 g/mol. The summed E-state index contributed by atoms with van der Waals surface area (Å²) in [7, 11) is 3.32. The van der Waals surface area contributed by atoms with Crippen LogP contribution in [0.25, 0.3) is 0 Å². The van der Waals surface area contributed by atoms with Crippen LogP contribution < -0.4 is 24.3 Å². The lowest BCUT2D eigenvalue weighted by Gasteiger charge is -2.42. The van der Waals surface area contributed by atoms with Gasteiger partial charge < -0.3 is 24.3 Å². The summed E-state index contributed by atoms with van der Waals surface area (Å²) in [6, 6.07) is 17.8. The van der Waals surface area contributed by atoms with Crippen molar-refractivity contribution in [1.29, 1.82) is 0 Å². The van der Waals surface area contributed by atoms with Crippen molar-refractivity contribution in [2.45, 2.75) is 45.3 Å². The number of carbonyl (C=O) groups excluding carboxylic acids is 1. The van der Waals surface area contributed by atoms with E-state index < -0.39 is 0 Å². The van der Waals surface area contributed by atoms with Gasteiger partial charge >= 0.3 is 0 Å². The molecule has 0 radical (unpaired) electrons. The molecule has 0 bridgehead atoms. The molecule has 2 aliphatic heterocycles. The van der Waals surface area contributed by atoms with Crippen LogP contribution in [-0.4, -0.2) is 44.4 Å². The number of ether oxygens (including phenoxy) is 4. The molecule has 5 rings (SSSR count). The zero-order chi connectivity index (χ0) is 25.9. The maximum absolute atomic E-state index is 13.4. The Labute approximate surface area is 218 Å². The number of amides is 1. The van der Waals surface area contributed by atoms with Crippen LogP contribution in [0, 0.1) is 6.92 Å². The lowest BCUT2D eigenvalue weighted by atomic mass is 9.86. The Hall–Kier alpha value is -3.71. The number of nitrogens with one attached hydrogen (secondary N) is 1. The van der Waals surface area contributed by atoms with E-state index in [9.17, 15) is 4.79 Å². The van der Waals surface area contributed by atoms with Crippen LogP contribution in [-0.2, 0) is 13.0 Å². The highest BCUT2D eigenvalue weighted by Crippen LogP contribution is 2.41. The molecule has 2 heterocycles. The van der Waals surface area contributed by atoms with Gasteiger partial charge in [0.2, 0.25) is 6.79 Å². The minimum Gasteiger partial charge on any atom is -0.493 e. The third-order valence-electron chi connectivity index (χ3n) is 7.43. The number of benzene rings is 3. The second-order valence-corrected chi connectivity index (χ2v) is 9.55. The van der Waals surface area contributed by atoms with Crippen molar-refractivity contribution < 1.29 is 23.7 Å². The van der Waals surface area contributed by atoms with Crippen LogP contribution in [0.3, 0.4) is 0 Å². The van der Waals surface area contributed by atoms with E-state index in [1.54, 1.807) is 32.4 Å². The van der Waals surface area contributed by atoms with Crippen molar-refractivity contribution in [3.63, 3.8) is 0 Å². The third-order valence-corrected chi connectivity index (χ3v) is 7.43. The number of rotatable bonds is 8. The Morgan fingerprint density at radius 2 is 1.81 bits per heavy atom. The summed E-state index contributed by atoms with van der Waals surface area (Å²) in [5, 5.41) is 3.33. The fourth-order valence-electron chi connectivity index (χ4n) is 5.38. The summed E-state index contributed by atoms with van der Waals surface area (Å²) in [6.45, 7) is 6.11. The molecule has 37 heavy (non-hydrogen) atoms. The molecule has 194 valence electrons. The van der Waals surface area contributed by atoms with Crippen molar-refractivity contribution in [3.8, 4) is 23.0 Å². The summed E-state index contributed by atoms with van der Waals surface area (Å²) < 4.78 is 22.2. The molecule has 2 atom stereocenters. The Bertz CT molecular complexity index is 1290. The molecule has 1 N–H and O–H groups in total. The van der Waals surface area contributed by atoms with Gasteiger partial charge in [0.15, 0.2) is 23.0 Å². The van der Waals surface area contributed by atoms with Crippen LogP contribution >= 0.6 is 0 Å². The van der Waals surface area contributed by atoms with Gasteiger partial charge in [-0.3, -0.25) is 9.69 Å². The Balaban J connectivity index is 1.50. The molecule has 0 spiro atoms. The Kier molecular flexibility index (Phi) is 7.24. The largest absolute Gasteiger partial charge is 0.493 e. The quantitative estimate of drug-likeness (QED) is 0.465. The molecule has 0 aromatic heterocycles. The summed E-state index contributed by atoms with van der Waals surface area (Å²) in [4.78, 5) is 15.9. The molecule has 7 heteroatoms. The third kappa shape index (κ3) is 4.96. The summed E-state index contributed by atoms with van der Waals surface area (Å²) in [6.07, 6.45) is 1.66. The second kappa shape index (κ2) is 10.7. The van der Waals surface area contributed by atoms with Crippen molar-refractivity contribution in [3.05, 3.63) is 82.4 Å². The van der Waals surface area contributed by atoms with E-state index in [0.29, 0.717) is 22.8 Å². The van der Waals surface area contributed by atoms with Crippen LogP contribution in [0.15, 0.2) is 54.6 Å². The molecule has 2 unspecified atom stereocenters. The molecule has 0 saturated heterocycles. The molecule has 1 amide bonds. The van der Waals surface area contributed by atoms with Gasteiger partial charge in [-0.05, 0) is 72.4 Å². The smallest absolute Gasteiger partial charge is 0.251 e. The molecular formula is C30H34N2O5. The predicted molar refractivity (Wildman–Crippen MR) is 142 cm³/mol. The van der Waals surface area contributed by atoms with Gasteiger partial charge in [-0.2, -0.15) is 0 Å². The van der Waals surface area contributed by atoms with E-state index in [1.807, 2.05) is 0 Å². The topological polar surface area (TPSA) is 69.3 Å². The van der Waals surface area contributed by atoms with Crippen LogP contribution in [0.1, 0.15) is 52.0 Å². The van der Waals surface area contributed by atoms with Gasteiger partial charge in [0.05, 0.1) is 20.3 Å². The molecule has 0 aliphatic carbocycles. The van der Waals surface area contributed by atoms with Gasteiger partial charge in [-0.1, -0.05) is 31.2 Å². The fraction of sp³-hybridized carbons (Fsp3) is 0.367. The minimum absolute atomic E-state index is 0.0360. The van der Waals surface area contributed by atoms with Crippen molar-refractivity contribution in [2.24, 2.45) is 0 Å². The first-order chi connectivity index (χ1) is 18.0. The number of fused-ring (bicyclic) bond motifs is 2. The molecule has 2 aliphatic rings. The van der Waals surface area contributed by atoms with Gasteiger partial charge in [0, 0.05) is 24.7 Å². The van der Waals surface area contributed by atoms with E-state index in [1.165, 1.54) is 16.7 Å². The van der Waals surface area contributed by atoms with E-state index >= 15 is 0 Å². The first kappa shape index (κ1) is 25.0. The highest BCUT2D eigenvalue weighted by atomic mass is 16.7. The van der Waals surface area contributed by atoms with E-state index in [0.717, 1.165) is 37.2 Å². The highest BCUT2D eigenvalue weighted by molar-refractivity contribution is 5.95. The fourth-order valence-corrected chi connectivity index (χ4v) is 5.38. The number of aryl methyl sites for hydroxylation is 1. The van der Waals surface area contributed by atoms with Gasteiger partial charge in [-0.15, -0.1) is 0 Å². The SMILES string of the molecule is CCC(NC(=O)c1ccc2c(c1)OCO2)C1c2cc(OC)c(OC)cc2CCN1Cc1ccccc1C. The van der Waals surface area contributed by atoms with Crippen LogP contribution in [0.4, 0.5) is 0 Å². The predicted octanol–water partition coefficient (Wildman–Crippen LogP) is 5.05. The lowest BCUT2D eigenvalue weighted by Crippen LogP contribution is -2.48. The van der Waals surface area contributed by atoms with Crippen molar-refractivity contribution in [2.75, 3.05) is 27.6 Å². The van der Waals surface area contributed by atoms with E-state index in [2.05, 4.69) is 60.5 Å². The number of hydrogen-bond acceptors (Lipinski definition) is 6. The van der Waals surface area contributed by atoms with Crippen LogP contribution in [0.2, 0.25) is 0 Å². The maximum atomic E-state index is 13.4. The monoisotopic (exact) mass is 502 g/mol. The Morgan fingerprint density at radius 1 is 1.05 bits per heavy atom. The van der Waals surface area contributed by atoms with Gasteiger partial charge in [0.1, 0.15) is 0 Å². The highest BCUT2D eigenvalue weighted by Gasteiger charge is 2.35. The van der Waals surface area contributed by atoms with Gasteiger partial charge in [0.25, 0.3) is 5.91 Å². The molecule has 3 aromatic rings. The lowest BCUT2D eigenvalue weighted by molar-refractivity contribution is 0.0858. The Morgan fingerprint density at radius 3 is 2.57 bits per heavy atom. The molecule has 3 aromatic carbocycles. The summed E-state index contributed by atoms with van der Waals surface area (Å²) in [5.41, 5.74) is 5.48. The number of nitrogens with zero attached hydrogens (tertiary/aromatic N) is 1. The average molecular weight is 503 g/mol. The zero-order valence-electron chi connectivity index (χ0n) is 21.9. The first-order valence-corrected chi connectivity index (χ1v) is 12.8.